The Bertz CT molecular complexity index is 148. The van der Waals surface area contributed by atoms with Gasteiger partial charge in [-0.1, -0.05) is 47.7 Å². The van der Waals surface area contributed by atoms with Gasteiger partial charge in [0.15, 0.2) is 0 Å². The van der Waals surface area contributed by atoms with E-state index >= 15 is 0 Å². The van der Waals surface area contributed by atoms with Crippen LogP contribution in [0.2, 0.25) is 0 Å². The van der Waals surface area contributed by atoms with E-state index in [1.165, 1.54) is 0 Å². The first-order chi connectivity index (χ1) is 4.81. The zero-order valence-electron chi connectivity index (χ0n) is 6.52. The molecule has 0 aliphatic carbocycles. The molecular weight excluding hydrogens is 188 g/mol. The van der Waals surface area contributed by atoms with Crippen LogP contribution < -0.4 is 0 Å². The molecule has 0 aliphatic rings. The summed E-state index contributed by atoms with van der Waals surface area (Å²) in [5, 5.41) is 0.891. The highest BCUT2D eigenvalue weighted by molar-refractivity contribution is 9.09. The average molecular weight is 201 g/mol. The summed E-state index contributed by atoms with van der Waals surface area (Å²) in [5.41, 5.74) is 0. The van der Waals surface area contributed by atoms with Crippen LogP contribution in [0.25, 0.3) is 0 Å². The Morgan fingerprint density at radius 2 is 2.30 bits per heavy atom. The number of halogens is 1. The van der Waals surface area contributed by atoms with Crippen LogP contribution in [-0.4, -0.2) is 5.33 Å². The van der Waals surface area contributed by atoms with Gasteiger partial charge in [0.1, 0.15) is 0 Å². The Balaban J connectivity index is 3.57. The van der Waals surface area contributed by atoms with Crippen LogP contribution in [0, 0.1) is 17.8 Å². The molecule has 0 nitrogen and oxygen atoms in total. The number of rotatable bonds is 2. The normalized spacial score (nSPS) is 12.7. The van der Waals surface area contributed by atoms with Gasteiger partial charge in [0.2, 0.25) is 0 Å². The van der Waals surface area contributed by atoms with Crippen molar-refractivity contribution in [2.45, 2.75) is 20.3 Å². The zero-order chi connectivity index (χ0) is 7.82. The highest BCUT2D eigenvalue weighted by atomic mass is 79.9. The van der Waals surface area contributed by atoms with E-state index in [1.807, 2.05) is 12.2 Å². The first-order valence-electron chi connectivity index (χ1n) is 3.53. The minimum atomic E-state index is 0.528. The Hall–Kier alpha value is -0.220. The molecule has 10 heavy (non-hydrogen) atoms. The van der Waals surface area contributed by atoms with Gasteiger partial charge < -0.3 is 0 Å². The largest absolute Gasteiger partial charge is 0.0954 e. The van der Waals surface area contributed by atoms with Crippen molar-refractivity contribution >= 4 is 15.9 Å². The van der Waals surface area contributed by atoms with Gasteiger partial charge in [0.05, 0.1) is 0 Å². The molecule has 0 radical (unpaired) electrons. The fraction of sp³-hybridized carbons (Fsp3) is 0.556. The highest BCUT2D eigenvalue weighted by Crippen LogP contribution is 1.96. The molecule has 1 atom stereocenters. The quantitative estimate of drug-likeness (QED) is 0.476. The van der Waals surface area contributed by atoms with Gasteiger partial charge in [-0.05, 0) is 12.5 Å². The summed E-state index contributed by atoms with van der Waals surface area (Å²) in [6.45, 7) is 4.28. The maximum atomic E-state index is 3.28. The predicted octanol–water partition coefficient (Wildman–Crippen LogP) is 2.99. The molecule has 0 saturated heterocycles. The lowest BCUT2D eigenvalue weighted by molar-refractivity contribution is 0.723. The first-order valence-corrected chi connectivity index (χ1v) is 4.65. The Labute approximate surface area is 71.8 Å². The van der Waals surface area contributed by atoms with E-state index < -0.39 is 0 Å². The topological polar surface area (TPSA) is 0 Å². The molecule has 0 amide bonds. The minimum Gasteiger partial charge on any atom is -0.0954 e. The van der Waals surface area contributed by atoms with Gasteiger partial charge in [0.25, 0.3) is 0 Å². The zero-order valence-corrected chi connectivity index (χ0v) is 8.11. The van der Waals surface area contributed by atoms with Crippen LogP contribution >= 0.6 is 15.9 Å². The van der Waals surface area contributed by atoms with Crippen LogP contribution in [0.3, 0.4) is 0 Å². The Morgan fingerprint density at radius 3 is 2.80 bits per heavy atom. The fourth-order valence-corrected chi connectivity index (χ4v) is 0.583. The molecule has 0 aliphatic heterocycles. The molecule has 0 aromatic rings. The summed E-state index contributed by atoms with van der Waals surface area (Å²) in [6.07, 6.45) is 5.02. The summed E-state index contributed by atoms with van der Waals surface area (Å²) in [6, 6.07) is 0. The lowest BCUT2D eigenvalue weighted by Gasteiger charge is -1.92. The van der Waals surface area contributed by atoms with Gasteiger partial charge in [-0.2, -0.15) is 0 Å². The number of alkyl halides is 1. The van der Waals surface area contributed by atoms with Crippen molar-refractivity contribution in [3.8, 4) is 11.8 Å². The highest BCUT2D eigenvalue weighted by Gasteiger charge is 1.86. The second kappa shape index (κ2) is 6.89. The second-order valence-corrected chi connectivity index (χ2v) is 2.80. The van der Waals surface area contributed by atoms with E-state index in [0.717, 1.165) is 11.8 Å². The summed E-state index contributed by atoms with van der Waals surface area (Å²) in [7, 11) is 0. The van der Waals surface area contributed by atoms with Crippen LogP contribution in [0.15, 0.2) is 12.2 Å². The molecule has 0 aromatic carbocycles. The van der Waals surface area contributed by atoms with Gasteiger partial charge >= 0.3 is 0 Å². The molecule has 0 saturated carbocycles. The van der Waals surface area contributed by atoms with Crippen molar-refractivity contribution in [1.82, 2.24) is 0 Å². The molecule has 1 heteroatoms. The molecule has 0 rings (SSSR count). The monoisotopic (exact) mass is 200 g/mol. The lowest BCUT2D eigenvalue weighted by atomic mass is 10.1. The van der Waals surface area contributed by atoms with Crippen molar-refractivity contribution in [2.75, 3.05) is 5.33 Å². The molecule has 0 bridgehead atoms. The molecule has 0 N–H and O–H groups in total. The summed E-state index contributed by atoms with van der Waals surface area (Å²) in [5.74, 6) is 6.61. The van der Waals surface area contributed by atoms with Gasteiger partial charge in [-0.3, -0.25) is 0 Å². The van der Waals surface area contributed by atoms with E-state index in [9.17, 15) is 0 Å². The molecular formula is C9H13Br. The summed E-state index contributed by atoms with van der Waals surface area (Å²) >= 11 is 3.28. The van der Waals surface area contributed by atoms with Crippen molar-refractivity contribution in [2.24, 2.45) is 5.92 Å². The fourth-order valence-electron chi connectivity index (χ4n) is 0.396. The number of hydrogen-bond donors (Lipinski definition) is 0. The summed E-state index contributed by atoms with van der Waals surface area (Å²) < 4.78 is 0. The smallest absolute Gasteiger partial charge is 0.0221 e. The maximum Gasteiger partial charge on any atom is 0.0221 e. The van der Waals surface area contributed by atoms with Gasteiger partial charge in [-0.25, -0.2) is 0 Å². The molecule has 0 spiro atoms. The average Bonchev–Trinajstić information content (AvgIpc) is 1.98. The predicted molar refractivity (Wildman–Crippen MR) is 50.2 cm³/mol. The number of allylic oxidation sites excluding steroid dienone is 2. The van der Waals surface area contributed by atoms with Crippen molar-refractivity contribution in [3.05, 3.63) is 12.2 Å². The number of hydrogen-bond acceptors (Lipinski definition) is 0. The van der Waals surface area contributed by atoms with Crippen LogP contribution in [0.4, 0.5) is 0 Å². The third-order valence-corrected chi connectivity index (χ3v) is 1.61. The van der Waals surface area contributed by atoms with Crippen LogP contribution in [0.1, 0.15) is 20.3 Å². The Kier molecular flexibility index (Phi) is 6.74. The maximum absolute atomic E-state index is 3.28. The van der Waals surface area contributed by atoms with E-state index in [4.69, 9.17) is 0 Å². The van der Waals surface area contributed by atoms with E-state index in [-0.39, 0.29) is 0 Å². The molecule has 1 unspecified atom stereocenters. The van der Waals surface area contributed by atoms with Crippen molar-refractivity contribution in [3.63, 3.8) is 0 Å². The standard InChI is InChI=1S/C9H13Br/c1-3-9(2)7-5-4-6-8-10/h4,6,9H,3,8H2,1-2H3/b6-4-. The minimum absolute atomic E-state index is 0.528. The first kappa shape index (κ1) is 9.78. The van der Waals surface area contributed by atoms with E-state index in [0.29, 0.717) is 5.92 Å². The second-order valence-electron chi connectivity index (χ2n) is 2.15. The molecule has 56 valence electrons. The SMILES string of the molecule is CCC(C)C#C/C=C\CBr. The van der Waals surface area contributed by atoms with Gasteiger partial charge in [-0.15, -0.1) is 0 Å². The third-order valence-electron chi connectivity index (χ3n) is 1.23. The van der Waals surface area contributed by atoms with E-state index in [1.54, 1.807) is 0 Å². The van der Waals surface area contributed by atoms with Crippen LogP contribution in [-0.2, 0) is 0 Å². The summed E-state index contributed by atoms with van der Waals surface area (Å²) in [4.78, 5) is 0. The van der Waals surface area contributed by atoms with Crippen molar-refractivity contribution < 1.29 is 0 Å². The molecule has 0 heterocycles. The molecule has 0 aromatic heterocycles. The Morgan fingerprint density at radius 1 is 1.60 bits per heavy atom. The lowest BCUT2D eigenvalue weighted by Crippen LogP contribution is -1.83. The van der Waals surface area contributed by atoms with Gasteiger partial charge in [0, 0.05) is 11.2 Å². The van der Waals surface area contributed by atoms with Crippen molar-refractivity contribution in [1.29, 1.82) is 0 Å². The molecule has 0 fully saturated rings. The van der Waals surface area contributed by atoms with E-state index in [2.05, 4.69) is 41.6 Å². The van der Waals surface area contributed by atoms with Crippen LogP contribution in [0.5, 0.6) is 0 Å². The third kappa shape index (κ3) is 5.91.